The van der Waals surface area contributed by atoms with E-state index in [4.69, 9.17) is 9.47 Å². The third-order valence-corrected chi connectivity index (χ3v) is 7.22. The van der Waals surface area contributed by atoms with Crippen LogP contribution < -0.4 is 10.0 Å². The maximum atomic E-state index is 12.8. The summed E-state index contributed by atoms with van der Waals surface area (Å²) in [5.41, 5.74) is 0. The van der Waals surface area contributed by atoms with Gasteiger partial charge in [-0.05, 0) is 56.3 Å². The molecule has 30 heavy (non-hydrogen) atoms. The van der Waals surface area contributed by atoms with Crippen molar-refractivity contribution in [2.75, 3.05) is 46.2 Å². The lowest BCUT2D eigenvalue weighted by atomic mass is 9.80. The Morgan fingerprint density at radius 2 is 1.87 bits per heavy atom. The summed E-state index contributed by atoms with van der Waals surface area (Å²) in [6, 6.07) is -0.272. The molecular weight excluding hydrogens is 406 g/mol. The SMILES string of the molecule is COCCNC(=O)N1CCC[C@H](CNS(C)(=O)=O)[C@@H]1COC1CCC(C(C)C)CC1. The average molecular weight is 448 g/mol. The maximum absolute atomic E-state index is 12.8. The molecule has 2 fully saturated rings. The van der Waals surface area contributed by atoms with Gasteiger partial charge in [-0.15, -0.1) is 0 Å². The van der Waals surface area contributed by atoms with Crippen molar-refractivity contribution in [1.82, 2.24) is 14.9 Å². The molecule has 2 aliphatic rings. The number of urea groups is 1. The minimum absolute atomic E-state index is 0.0358. The first-order chi connectivity index (χ1) is 14.2. The van der Waals surface area contributed by atoms with Gasteiger partial charge in [-0.2, -0.15) is 0 Å². The zero-order valence-electron chi connectivity index (χ0n) is 19.1. The smallest absolute Gasteiger partial charge is 0.317 e. The van der Waals surface area contributed by atoms with Gasteiger partial charge in [0.05, 0.1) is 31.6 Å². The van der Waals surface area contributed by atoms with E-state index in [-0.39, 0.29) is 24.1 Å². The standard InChI is InChI=1S/C21H41N3O5S/c1-16(2)17-7-9-19(10-8-17)29-15-20-18(14-23-30(4,26)27)6-5-12-24(20)21(25)22-11-13-28-3/h16-20,23H,5-15H2,1-4H3,(H,22,25)/t17?,18-,19?,20+/m1/s1. The van der Waals surface area contributed by atoms with Crippen molar-refractivity contribution in [3.63, 3.8) is 0 Å². The molecule has 9 heteroatoms. The average Bonchev–Trinajstić information content (AvgIpc) is 2.70. The molecule has 0 aromatic rings. The topological polar surface area (TPSA) is 97.0 Å². The van der Waals surface area contributed by atoms with E-state index >= 15 is 0 Å². The predicted octanol–water partition coefficient (Wildman–Crippen LogP) is 2.20. The number of hydrogen-bond donors (Lipinski definition) is 2. The molecule has 0 spiro atoms. The molecule has 0 aromatic carbocycles. The Hall–Kier alpha value is -0.900. The van der Waals surface area contributed by atoms with Gasteiger partial charge in [0.15, 0.2) is 0 Å². The van der Waals surface area contributed by atoms with Crippen LogP contribution >= 0.6 is 0 Å². The number of likely N-dealkylation sites (tertiary alicyclic amines) is 1. The summed E-state index contributed by atoms with van der Waals surface area (Å²) >= 11 is 0. The van der Waals surface area contributed by atoms with Gasteiger partial charge in [-0.3, -0.25) is 0 Å². The molecule has 2 atom stereocenters. The molecule has 2 N–H and O–H groups in total. The first kappa shape index (κ1) is 25.4. The number of nitrogens with zero attached hydrogens (tertiary/aromatic N) is 1. The number of methoxy groups -OCH3 is 1. The third-order valence-electron chi connectivity index (χ3n) is 6.53. The zero-order chi connectivity index (χ0) is 22.1. The van der Waals surface area contributed by atoms with Crippen molar-refractivity contribution in [3.8, 4) is 0 Å². The lowest BCUT2D eigenvalue weighted by molar-refractivity contribution is -0.0316. The summed E-state index contributed by atoms with van der Waals surface area (Å²) in [6.07, 6.45) is 7.61. The van der Waals surface area contributed by atoms with Crippen LogP contribution in [0.1, 0.15) is 52.4 Å². The fourth-order valence-corrected chi connectivity index (χ4v) is 5.15. The highest BCUT2D eigenvalue weighted by Crippen LogP contribution is 2.32. The molecular formula is C21H41N3O5S. The number of amides is 2. The van der Waals surface area contributed by atoms with E-state index in [0.717, 1.165) is 31.6 Å². The molecule has 2 rings (SSSR count). The van der Waals surface area contributed by atoms with Crippen LogP contribution in [0.15, 0.2) is 0 Å². The van der Waals surface area contributed by atoms with E-state index in [1.165, 1.54) is 19.1 Å². The quantitative estimate of drug-likeness (QED) is 0.501. The molecule has 1 heterocycles. The Kier molecular flexibility index (Phi) is 10.3. The van der Waals surface area contributed by atoms with Crippen LogP contribution in [0.3, 0.4) is 0 Å². The van der Waals surface area contributed by atoms with Gasteiger partial charge < -0.3 is 19.7 Å². The van der Waals surface area contributed by atoms with Gasteiger partial charge in [0, 0.05) is 26.7 Å². The molecule has 0 radical (unpaired) electrons. The van der Waals surface area contributed by atoms with Crippen LogP contribution in [0.4, 0.5) is 4.79 Å². The summed E-state index contributed by atoms with van der Waals surface area (Å²) in [5.74, 6) is 1.52. The van der Waals surface area contributed by atoms with E-state index in [1.807, 2.05) is 4.90 Å². The molecule has 1 aliphatic carbocycles. The minimum Gasteiger partial charge on any atom is -0.383 e. The number of hydrogen-bond acceptors (Lipinski definition) is 5. The summed E-state index contributed by atoms with van der Waals surface area (Å²) in [6.45, 7) is 6.91. The van der Waals surface area contributed by atoms with Crippen molar-refractivity contribution in [3.05, 3.63) is 0 Å². The normalized spacial score (nSPS) is 28.0. The van der Waals surface area contributed by atoms with Crippen molar-refractivity contribution in [2.45, 2.75) is 64.5 Å². The first-order valence-electron chi connectivity index (χ1n) is 11.3. The monoisotopic (exact) mass is 447 g/mol. The zero-order valence-corrected chi connectivity index (χ0v) is 19.9. The van der Waals surface area contributed by atoms with Crippen molar-refractivity contribution in [1.29, 1.82) is 0 Å². The molecule has 8 nitrogen and oxygen atoms in total. The third kappa shape index (κ3) is 8.32. The number of nitrogens with one attached hydrogen (secondary N) is 2. The second kappa shape index (κ2) is 12.2. The van der Waals surface area contributed by atoms with Crippen LogP contribution in [-0.2, 0) is 19.5 Å². The van der Waals surface area contributed by atoms with Crippen molar-refractivity contribution in [2.24, 2.45) is 17.8 Å². The van der Waals surface area contributed by atoms with Crippen LogP contribution in [0.5, 0.6) is 0 Å². The second-order valence-electron chi connectivity index (χ2n) is 9.12. The molecule has 0 bridgehead atoms. The summed E-state index contributed by atoms with van der Waals surface area (Å²) in [7, 11) is -1.68. The highest BCUT2D eigenvalue weighted by Gasteiger charge is 2.36. The van der Waals surface area contributed by atoms with E-state index in [2.05, 4.69) is 23.9 Å². The molecule has 176 valence electrons. The molecule has 0 aromatic heterocycles. The lowest BCUT2D eigenvalue weighted by Gasteiger charge is -2.42. The van der Waals surface area contributed by atoms with Gasteiger partial charge in [0.2, 0.25) is 10.0 Å². The number of sulfonamides is 1. The van der Waals surface area contributed by atoms with Crippen LogP contribution in [-0.4, -0.2) is 77.7 Å². The molecule has 2 amide bonds. The van der Waals surface area contributed by atoms with Crippen LogP contribution in [0, 0.1) is 17.8 Å². The highest BCUT2D eigenvalue weighted by molar-refractivity contribution is 7.88. The molecule has 1 aliphatic heterocycles. The Morgan fingerprint density at radius 1 is 1.17 bits per heavy atom. The van der Waals surface area contributed by atoms with Gasteiger partial charge in [0.25, 0.3) is 0 Å². The predicted molar refractivity (Wildman–Crippen MR) is 118 cm³/mol. The minimum atomic E-state index is -3.28. The number of carbonyl (C=O) groups is 1. The largest absolute Gasteiger partial charge is 0.383 e. The highest BCUT2D eigenvalue weighted by atomic mass is 32.2. The summed E-state index contributed by atoms with van der Waals surface area (Å²) < 4.78 is 37.2. The fourth-order valence-electron chi connectivity index (χ4n) is 4.63. The van der Waals surface area contributed by atoms with E-state index in [1.54, 1.807) is 7.11 Å². The lowest BCUT2D eigenvalue weighted by Crippen LogP contribution is -2.56. The van der Waals surface area contributed by atoms with Crippen molar-refractivity contribution < 1.29 is 22.7 Å². The maximum Gasteiger partial charge on any atom is 0.317 e. The number of ether oxygens (including phenoxy) is 2. The van der Waals surface area contributed by atoms with E-state index < -0.39 is 10.0 Å². The fraction of sp³-hybridized carbons (Fsp3) is 0.952. The number of piperidine rings is 1. The molecule has 1 saturated carbocycles. The summed E-state index contributed by atoms with van der Waals surface area (Å²) in [5, 5.41) is 2.90. The van der Waals surface area contributed by atoms with Gasteiger partial charge >= 0.3 is 6.03 Å². The first-order valence-corrected chi connectivity index (χ1v) is 13.2. The molecule has 1 saturated heterocycles. The van der Waals surface area contributed by atoms with E-state index in [0.29, 0.717) is 38.8 Å². The Bertz CT molecular complexity index is 620. The number of carbonyl (C=O) groups excluding carboxylic acids is 1. The van der Waals surface area contributed by atoms with Crippen LogP contribution in [0.2, 0.25) is 0 Å². The second-order valence-corrected chi connectivity index (χ2v) is 11.0. The Labute approximate surface area is 182 Å². The van der Waals surface area contributed by atoms with Crippen LogP contribution in [0.25, 0.3) is 0 Å². The van der Waals surface area contributed by atoms with Gasteiger partial charge in [-0.1, -0.05) is 13.8 Å². The summed E-state index contributed by atoms with van der Waals surface area (Å²) in [4.78, 5) is 14.6. The Morgan fingerprint density at radius 3 is 2.47 bits per heavy atom. The van der Waals surface area contributed by atoms with Gasteiger partial charge in [-0.25, -0.2) is 17.9 Å². The van der Waals surface area contributed by atoms with Gasteiger partial charge in [0.1, 0.15) is 0 Å². The van der Waals surface area contributed by atoms with Crippen molar-refractivity contribution >= 4 is 16.1 Å². The Balaban J connectivity index is 1.98. The number of rotatable bonds is 10. The van der Waals surface area contributed by atoms with E-state index in [9.17, 15) is 13.2 Å². The molecule has 0 unspecified atom stereocenters.